The quantitative estimate of drug-likeness (QED) is 0.689. The number of anilines is 1. The average Bonchev–Trinajstić information content (AvgIpc) is 3.10. The smallest absolute Gasteiger partial charge is 0.0345 e. The zero-order valence-electron chi connectivity index (χ0n) is 12.7. The molecule has 4 rings (SSSR count). The molecular formula is C20H23N. The molecule has 2 aliphatic carbocycles. The number of nitrogens with one attached hydrogen (secondary N) is 1. The predicted molar refractivity (Wildman–Crippen MR) is 89.7 cm³/mol. The van der Waals surface area contributed by atoms with Gasteiger partial charge in [-0.05, 0) is 66.0 Å². The van der Waals surface area contributed by atoms with Crippen molar-refractivity contribution in [3.63, 3.8) is 0 Å². The van der Waals surface area contributed by atoms with Crippen molar-refractivity contribution in [3.8, 4) is 11.1 Å². The van der Waals surface area contributed by atoms with Gasteiger partial charge in [-0.25, -0.2) is 0 Å². The molecule has 1 heteroatoms. The standard InChI is InChI=1S/C20H23N/c1-2-14-7-8-17(11-14)21-18-9-10-20-16(13-18)12-15-5-3-4-6-19(15)20/h3-6,9-10,13-14,17,21H,2,7-8,11-12H2,1H3. The van der Waals surface area contributed by atoms with E-state index in [1.807, 2.05) is 0 Å². The Morgan fingerprint density at radius 2 is 1.86 bits per heavy atom. The number of fused-ring (bicyclic) bond motifs is 3. The van der Waals surface area contributed by atoms with Crippen LogP contribution in [0.5, 0.6) is 0 Å². The van der Waals surface area contributed by atoms with Crippen LogP contribution in [0.3, 0.4) is 0 Å². The van der Waals surface area contributed by atoms with Crippen LogP contribution in [-0.4, -0.2) is 6.04 Å². The lowest BCUT2D eigenvalue weighted by Crippen LogP contribution is -2.15. The monoisotopic (exact) mass is 277 g/mol. The third-order valence-corrected chi connectivity index (χ3v) is 5.28. The van der Waals surface area contributed by atoms with Crippen molar-refractivity contribution < 1.29 is 0 Å². The molecular weight excluding hydrogens is 254 g/mol. The van der Waals surface area contributed by atoms with E-state index in [9.17, 15) is 0 Å². The van der Waals surface area contributed by atoms with Crippen LogP contribution in [0.2, 0.25) is 0 Å². The Bertz CT molecular complexity index is 659. The van der Waals surface area contributed by atoms with Crippen molar-refractivity contribution in [2.45, 2.75) is 45.1 Å². The van der Waals surface area contributed by atoms with Crippen LogP contribution >= 0.6 is 0 Å². The highest BCUT2D eigenvalue weighted by atomic mass is 14.9. The molecule has 0 heterocycles. The van der Waals surface area contributed by atoms with E-state index < -0.39 is 0 Å². The van der Waals surface area contributed by atoms with E-state index in [1.54, 1.807) is 0 Å². The van der Waals surface area contributed by atoms with Crippen molar-refractivity contribution in [1.82, 2.24) is 0 Å². The van der Waals surface area contributed by atoms with Crippen molar-refractivity contribution >= 4 is 5.69 Å². The summed E-state index contributed by atoms with van der Waals surface area (Å²) in [5.41, 5.74) is 7.10. The van der Waals surface area contributed by atoms with Crippen LogP contribution < -0.4 is 5.32 Å². The summed E-state index contributed by atoms with van der Waals surface area (Å²) in [5, 5.41) is 3.76. The average molecular weight is 277 g/mol. The van der Waals surface area contributed by atoms with Crippen LogP contribution in [0, 0.1) is 5.92 Å². The minimum atomic E-state index is 0.678. The second kappa shape index (κ2) is 5.22. The molecule has 2 aromatic carbocycles. The minimum absolute atomic E-state index is 0.678. The fraction of sp³-hybridized carbons (Fsp3) is 0.400. The maximum absolute atomic E-state index is 3.76. The molecule has 0 aromatic heterocycles. The zero-order chi connectivity index (χ0) is 14.2. The van der Waals surface area contributed by atoms with Gasteiger partial charge in [0.05, 0.1) is 0 Å². The maximum atomic E-state index is 3.76. The Hall–Kier alpha value is -1.76. The first-order valence-electron chi connectivity index (χ1n) is 8.31. The van der Waals surface area contributed by atoms with Crippen LogP contribution in [0.25, 0.3) is 11.1 Å². The minimum Gasteiger partial charge on any atom is -0.382 e. The highest BCUT2D eigenvalue weighted by molar-refractivity contribution is 5.78. The van der Waals surface area contributed by atoms with Gasteiger partial charge >= 0.3 is 0 Å². The first-order valence-corrected chi connectivity index (χ1v) is 8.31. The number of benzene rings is 2. The largest absolute Gasteiger partial charge is 0.382 e. The van der Waals surface area contributed by atoms with E-state index in [-0.39, 0.29) is 0 Å². The molecule has 1 N–H and O–H groups in total. The summed E-state index contributed by atoms with van der Waals surface area (Å²) in [4.78, 5) is 0. The van der Waals surface area contributed by atoms with Crippen LogP contribution in [0.1, 0.15) is 43.7 Å². The summed E-state index contributed by atoms with van der Waals surface area (Å²) in [5.74, 6) is 0.932. The number of rotatable bonds is 3. The summed E-state index contributed by atoms with van der Waals surface area (Å²) in [6, 6.07) is 16.4. The van der Waals surface area contributed by atoms with E-state index in [2.05, 4.69) is 54.7 Å². The van der Waals surface area contributed by atoms with E-state index in [0.29, 0.717) is 6.04 Å². The molecule has 1 nitrogen and oxygen atoms in total. The summed E-state index contributed by atoms with van der Waals surface area (Å²) in [6.45, 7) is 2.32. The normalized spacial score (nSPS) is 22.9. The highest BCUT2D eigenvalue weighted by Crippen LogP contribution is 2.38. The molecule has 2 atom stereocenters. The van der Waals surface area contributed by atoms with Gasteiger partial charge < -0.3 is 5.32 Å². The molecule has 2 aromatic rings. The van der Waals surface area contributed by atoms with Gasteiger partial charge in [0, 0.05) is 11.7 Å². The fourth-order valence-corrected chi connectivity index (χ4v) is 4.05. The Morgan fingerprint density at radius 3 is 2.71 bits per heavy atom. The lowest BCUT2D eigenvalue weighted by molar-refractivity contribution is 0.525. The van der Waals surface area contributed by atoms with Gasteiger partial charge in [0.1, 0.15) is 0 Å². The highest BCUT2D eigenvalue weighted by Gasteiger charge is 2.24. The molecule has 0 radical (unpaired) electrons. The molecule has 2 unspecified atom stereocenters. The van der Waals surface area contributed by atoms with Crippen molar-refractivity contribution in [1.29, 1.82) is 0 Å². The Balaban J connectivity index is 1.54. The number of hydrogen-bond acceptors (Lipinski definition) is 1. The Kier molecular flexibility index (Phi) is 3.21. The summed E-state index contributed by atoms with van der Waals surface area (Å²) >= 11 is 0. The molecule has 0 spiro atoms. The van der Waals surface area contributed by atoms with Crippen molar-refractivity contribution in [2.75, 3.05) is 5.32 Å². The second-order valence-electron chi connectivity index (χ2n) is 6.63. The molecule has 1 saturated carbocycles. The van der Waals surface area contributed by atoms with Crippen molar-refractivity contribution in [3.05, 3.63) is 53.6 Å². The molecule has 108 valence electrons. The second-order valence-corrected chi connectivity index (χ2v) is 6.63. The SMILES string of the molecule is CCC1CCC(Nc2ccc3c(c2)Cc2ccccc2-3)C1. The van der Waals surface area contributed by atoms with Crippen molar-refractivity contribution in [2.24, 2.45) is 5.92 Å². The van der Waals surface area contributed by atoms with Gasteiger partial charge in [-0.3, -0.25) is 0 Å². The Morgan fingerprint density at radius 1 is 1.00 bits per heavy atom. The molecule has 21 heavy (non-hydrogen) atoms. The van der Waals surface area contributed by atoms with Crippen LogP contribution in [0.15, 0.2) is 42.5 Å². The number of hydrogen-bond donors (Lipinski definition) is 1. The fourth-order valence-electron chi connectivity index (χ4n) is 4.05. The molecule has 0 amide bonds. The third kappa shape index (κ3) is 2.35. The summed E-state index contributed by atoms with van der Waals surface area (Å²) in [7, 11) is 0. The van der Waals surface area contributed by atoms with Crippen LogP contribution in [-0.2, 0) is 6.42 Å². The molecule has 1 fully saturated rings. The first kappa shape index (κ1) is 12.9. The predicted octanol–water partition coefficient (Wildman–Crippen LogP) is 5.25. The van der Waals surface area contributed by atoms with Gasteiger partial charge in [-0.15, -0.1) is 0 Å². The zero-order valence-corrected chi connectivity index (χ0v) is 12.7. The first-order chi connectivity index (χ1) is 10.3. The van der Waals surface area contributed by atoms with Gasteiger partial charge in [0.25, 0.3) is 0 Å². The van der Waals surface area contributed by atoms with E-state index in [4.69, 9.17) is 0 Å². The Labute approximate surface area is 127 Å². The lowest BCUT2D eigenvalue weighted by Gasteiger charge is -2.15. The topological polar surface area (TPSA) is 12.0 Å². The van der Waals surface area contributed by atoms with Gasteiger partial charge in [-0.2, -0.15) is 0 Å². The molecule has 0 saturated heterocycles. The van der Waals surface area contributed by atoms with E-state index >= 15 is 0 Å². The lowest BCUT2D eigenvalue weighted by atomic mass is 10.0. The van der Waals surface area contributed by atoms with E-state index in [0.717, 1.165) is 12.3 Å². The summed E-state index contributed by atoms with van der Waals surface area (Å²) < 4.78 is 0. The molecule has 2 aliphatic rings. The van der Waals surface area contributed by atoms with Gasteiger partial charge in [0.15, 0.2) is 0 Å². The van der Waals surface area contributed by atoms with Gasteiger partial charge in [0.2, 0.25) is 0 Å². The third-order valence-electron chi connectivity index (χ3n) is 5.28. The van der Waals surface area contributed by atoms with Gasteiger partial charge in [-0.1, -0.05) is 43.7 Å². The molecule has 0 aliphatic heterocycles. The van der Waals surface area contributed by atoms with Crippen LogP contribution in [0.4, 0.5) is 5.69 Å². The molecule has 0 bridgehead atoms. The van der Waals surface area contributed by atoms with E-state index in [1.165, 1.54) is 53.6 Å². The maximum Gasteiger partial charge on any atom is 0.0345 e. The summed E-state index contributed by atoms with van der Waals surface area (Å²) in [6.07, 6.45) is 6.48.